The van der Waals surface area contributed by atoms with Crippen LogP contribution in [0.3, 0.4) is 0 Å². The van der Waals surface area contributed by atoms with Crippen molar-refractivity contribution in [2.75, 3.05) is 5.73 Å². The summed E-state index contributed by atoms with van der Waals surface area (Å²) in [7, 11) is 0. The van der Waals surface area contributed by atoms with Crippen molar-refractivity contribution in [2.45, 2.75) is 6.92 Å². The lowest BCUT2D eigenvalue weighted by molar-refractivity contribution is 0.632. The highest BCUT2D eigenvalue weighted by Crippen LogP contribution is 2.31. The Morgan fingerprint density at radius 2 is 1.69 bits per heavy atom. The average molecular weight is 236 g/mol. The van der Waals surface area contributed by atoms with Crippen LogP contribution < -0.4 is 5.73 Å². The first-order valence-electron chi connectivity index (χ1n) is 4.90. The fraction of sp³-hybridized carbons (Fsp3) is 0.0769. The summed E-state index contributed by atoms with van der Waals surface area (Å²) in [6.07, 6.45) is 0. The van der Waals surface area contributed by atoms with Gasteiger partial charge in [-0.25, -0.2) is 4.39 Å². The zero-order valence-electron chi connectivity index (χ0n) is 8.80. The van der Waals surface area contributed by atoms with E-state index in [2.05, 4.69) is 0 Å². The van der Waals surface area contributed by atoms with Gasteiger partial charge in [0.1, 0.15) is 0 Å². The van der Waals surface area contributed by atoms with E-state index in [4.69, 9.17) is 17.3 Å². The second-order valence-electron chi connectivity index (χ2n) is 3.70. The fourth-order valence-corrected chi connectivity index (χ4v) is 1.69. The van der Waals surface area contributed by atoms with Gasteiger partial charge in [0.25, 0.3) is 0 Å². The van der Waals surface area contributed by atoms with E-state index in [1.807, 2.05) is 31.2 Å². The van der Waals surface area contributed by atoms with Gasteiger partial charge in [-0.2, -0.15) is 0 Å². The van der Waals surface area contributed by atoms with Crippen LogP contribution >= 0.6 is 11.6 Å². The first-order valence-corrected chi connectivity index (χ1v) is 5.28. The number of rotatable bonds is 1. The van der Waals surface area contributed by atoms with Crippen molar-refractivity contribution in [3.05, 3.63) is 52.8 Å². The molecule has 0 aromatic heterocycles. The molecule has 1 nitrogen and oxygen atoms in total. The molecular weight excluding hydrogens is 225 g/mol. The van der Waals surface area contributed by atoms with Gasteiger partial charge in [-0.05, 0) is 24.6 Å². The standard InChI is InChI=1S/C13H11ClFN/c1-8-2-4-9(5-3-8)10-6-7-11(16)12(14)13(10)15/h2-7H,16H2,1H3. The van der Waals surface area contributed by atoms with Crippen LogP contribution in [0.4, 0.5) is 10.1 Å². The predicted molar refractivity (Wildman–Crippen MR) is 66.0 cm³/mol. The Morgan fingerprint density at radius 3 is 2.31 bits per heavy atom. The van der Waals surface area contributed by atoms with E-state index in [0.29, 0.717) is 5.56 Å². The highest BCUT2D eigenvalue weighted by molar-refractivity contribution is 6.33. The average Bonchev–Trinajstić information content (AvgIpc) is 2.28. The Kier molecular flexibility index (Phi) is 2.84. The minimum Gasteiger partial charge on any atom is -0.397 e. The number of nitrogen functional groups attached to an aromatic ring is 1. The van der Waals surface area contributed by atoms with Gasteiger partial charge in [-0.3, -0.25) is 0 Å². The normalized spacial score (nSPS) is 10.4. The Hall–Kier alpha value is -1.54. The molecule has 16 heavy (non-hydrogen) atoms. The van der Waals surface area contributed by atoms with Crippen LogP contribution in [0.2, 0.25) is 5.02 Å². The minimum absolute atomic E-state index is 0.0157. The minimum atomic E-state index is -0.467. The molecule has 2 aromatic rings. The second-order valence-corrected chi connectivity index (χ2v) is 4.07. The van der Waals surface area contributed by atoms with Crippen molar-refractivity contribution in [1.29, 1.82) is 0 Å². The summed E-state index contributed by atoms with van der Waals surface area (Å²) in [5, 5.41) is -0.0157. The third-order valence-corrected chi connectivity index (χ3v) is 2.86. The summed E-state index contributed by atoms with van der Waals surface area (Å²) in [5.41, 5.74) is 8.18. The smallest absolute Gasteiger partial charge is 0.151 e. The van der Waals surface area contributed by atoms with Gasteiger partial charge in [0, 0.05) is 5.56 Å². The van der Waals surface area contributed by atoms with Crippen LogP contribution in [0.25, 0.3) is 11.1 Å². The van der Waals surface area contributed by atoms with E-state index in [-0.39, 0.29) is 10.7 Å². The number of halogens is 2. The molecule has 0 saturated heterocycles. The third kappa shape index (κ3) is 1.89. The quantitative estimate of drug-likeness (QED) is 0.742. The molecule has 0 aliphatic rings. The topological polar surface area (TPSA) is 26.0 Å². The number of hydrogen-bond acceptors (Lipinski definition) is 1. The molecule has 0 heterocycles. The number of benzene rings is 2. The molecule has 0 aliphatic carbocycles. The largest absolute Gasteiger partial charge is 0.397 e. The zero-order chi connectivity index (χ0) is 11.7. The molecular formula is C13H11ClFN. The Labute approximate surface area is 98.7 Å². The highest BCUT2D eigenvalue weighted by Gasteiger charge is 2.10. The van der Waals surface area contributed by atoms with E-state index in [1.165, 1.54) is 0 Å². The first-order chi connectivity index (χ1) is 7.59. The van der Waals surface area contributed by atoms with Crippen LogP contribution in [0.1, 0.15) is 5.56 Å². The van der Waals surface area contributed by atoms with Crippen LogP contribution in [0, 0.1) is 12.7 Å². The Bertz CT molecular complexity index is 520. The van der Waals surface area contributed by atoms with Gasteiger partial charge in [-0.15, -0.1) is 0 Å². The summed E-state index contributed by atoms with van der Waals surface area (Å²) in [6, 6.07) is 10.8. The molecule has 0 amide bonds. The van der Waals surface area contributed by atoms with E-state index in [9.17, 15) is 4.39 Å². The van der Waals surface area contributed by atoms with Crippen LogP contribution in [-0.2, 0) is 0 Å². The van der Waals surface area contributed by atoms with Crippen molar-refractivity contribution < 1.29 is 4.39 Å². The molecule has 0 aliphatic heterocycles. The third-order valence-electron chi connectivity index (χ3n) is 2.47. The second kappa shape index (κ2) is 4.14. The summed E-state index contributed by atoms with van der Waals surface area (Å²) < 4.78 is 13.8. The van der Waals surface area contributed by atoms with Gasteiger partial charge in [0.2, 0.25) is 0 Å². The lowest BCUT2D eigenvalue weighted by Gasteiger charge is -2.07. The number of aryl methyl sites for hydroxylation is 1. The van der Waals surface area contributed by atoms with E-state index in [0.717, 1.165) is 11.1 Å². The van der Waals surface area contributed by atoms with Crippen molar-refractivity contribution in [1.82, 2.24) is 0 Å². The Morgan fingerprint density at radius 1 is 1.06 bits per heavy atom. The van der Waals surface area contributed by atoms with Crippen LogP contribution in [0.5, 0.6) is 0 Å². The molecule has 3 heteroatoms. The first kappa shape index (κ1) is 11.0. The number of anilines is 1. The maximum absolute atomic E-state index is 13.8. The van der Waals surface area contributed by atoms with Gasteiger partial charge < -0.3 is 5.73 Å². The monoisotopic (exact) mass is 235 g/mol. The predicted octanol–water partition coefficient (Wildman–Crippen LogP) is 4.04. The lowest BCUT2D eigenvalue weighted by atomic mass is 10.0. The summed E-state index contributed by atoms with van der Waals surface area (Å²) >= 11 is 5.76. The zero-order valence-corrected chi connectivity index (χ0v) is 9.55. The SMILES string of the molecule is Cc1ccc(-c2ccc(N)c(Cl)c2F)cc1. The molecule has 0 radical (unpaired) electrons. The molecule has 0 bridgehead atoms. The van der Waals surface area contributed by atoms with Crippen LogP contribution in [0.15, 0.2) is 36.4 Å². The molecule has 2 rings (SSSR count). The number of hydrogen-bond donors (Lipinski definition) is 1. The van der Waals surface area contributed by atoms with Crippen molar-refractivity contribution >= 4 is 17.3 Å². The highest BCUT2D eigenvalue weighted by atomic mass is 35.5. The Balaban J connectivity index is 2.57. The van der Waals surface area contributed by atoms with Gasteiger partial charge in [-0.1, -0.05) is 41.4 Å². The summed E-state index contributed by atoms with van der Waals surface area (Å²) in [4.78, 5) is 0. The van der Waals surface area contributed by atoms with E-state index in [1.54, 1.807) is 12.1 Å². The van der Waals surface area contributed by atoms with Crippen molar-refractivity contribution in [3.63, 3.8) is 0 Å². The van der Waals surface area contributed by atoms with E-state index >= 15 is 0 Å². The summed E-state index contributed by atoms with van der Waals surface area (Å²) in [6.45, 7) is 1.98. The van der Waals surface area contributed by atoms with Crippen molar-refractivity contribution in [2.24, 2.45) is 0 Å². The summed E-state index contributed by atoms with van der Waals surface area (Å²) in [5.74, 6) is -0.467. The van der Waals surface area contributed by atoms with Gasteiger partial charge in [0.15, 0.2) is 5.82 Å². The molecule has 0 fully saturated rings. The molecule has 2 aromatic carbocycles. The molecule has 0 atom stereocenters. The van der Waals surface area contributed by atoms with Gasteiger partial charge >= 0.3 is 0 Å². The van der Waals surface area contributed by atoms with Gasteiger partial charge in [0.05, 0.1) is 10.7 Å². The lowest BCUT2D eigenvalue weighted by Crippen LogP contribution is -1.92. The maximum atomic E-state index is 13.8. The molecule has 0 saturated carbocycles. The van der Waals surface area contributed by atoms with Crippen molar-refractivity contribution in [3.8, 4) is 11.1 Å². The molecule has 2 N–H and O–H groups in total. The maximum Gasteiger partial charge on any atom is 0.151 e. The van der Waals surface area contributed by atoms with E-state index < -0.39 is 5.82 Å². The molecule has 0 unspecified atom stereocenters. The molecule has 0 spiro atoms. The van der Waals surface area contributed by atoms with Crippen LogP contribution in [-0.4, -0.2) is 0 Å². The molecule has 82 valence electrons. The number of nitrogens with two attached hydrogens (primary N) is 1. The fourth-order valence-electron chi connectivity index (χ4n) is 1.52.